The van der Waals surface area contributed by atoms with E-state index < -0.39 is 0 Å². The summed E-state index contributed by atoms with van der Waals surface area (Å²) in [6.45, 7) is 15.4. The predicted octanol–water partition coefficient (Wildman–Crippen LogP) is 6.53. The molecule has 0 bridgehead atoms. The van der Waals surface area contributed by atoms with Crippen molar-refractivity contribution < 1.29 is 4.74 Å². The van der Waals surface area contributed by atoms with E-state index in [-0.39, 0.29) is 11.3 Å². The van der Waals surface area contributed by atoms with Gasteiger partial charge >= 0.3 is 0 Å². The van der Waals surface area contributed by atoms with Crippen molar-refractivity contribution in [2.24, 2.45) is 5.92 Å². The third kappa shape index (κ3) is 8.65. The van der Waals surface area contributed by atoms with Gasteiger partial charge < -0.3 is 20.7 Å². The van der Waals surface area contributed by atoms with Gasteiger partial charge in [0.05, 0.1) is 0 Å². The molecule has 9 heteroatoms. The molecule has 202 valence electrons. The number of halogens is 2. The summed E-state index contributed by atoms with van der Waals surface area (Å²) < 4.78 is 4.94. The van der Waals surface area contributed by atoms with Gasteiger partial charge in [-0.15, -0.1) is 0 Å². The zero-order valence-corrected chi connectivity index (χ0v) is 24.2. The second kappa shape index (κ2) is 15.5. The van der Waals surface area contributed by atoms with E-state index in [4.69, 9.17) is 33.7 Å². The van der Waals surface area contributed by atoms with Crippen molar-refractivity contribution in [3.63, 3.8) is 0 Å². The number of hydrogen-bond donors (Lipinski definition) is 2. The maximum absolute atomic E-state index is 6.31. The maximum atomic E-state index is 6.31. The average Bonchev–Trinajstić information content (AvgIpc) is 3.46. The maximum Gasteiger partial charge on any atom is 0.226 e. The van der Waals surface area contributed by atoms with E-state index in [0.29, 0.717) is 29.3 Å². The Morgan fingerprint density at radius 2 is 1.72 bits per heavy atom. The smallest absolute Gasteiger partial charge is 0.226 e. The first kappa shape index (κ1) is 30.4. The fourth-order valence-corrected chi connectivity index (χ4v) is 4.85. The number of rotatable bonds is 6. The Kier molecular flexibility index (Phi) is 13.1. The number of benzene rings is 1. The van der Waals surface area contributed by atoms with Gasteiger partial charge in [-0.25, -0.2) is 0 Å². The molecule has 1 aromatic carbocycles. The fourth-order valence-electron chi connectivity index (χ4n) is 4.56. The van der Waals surface area contributed by atoms with E-state index in [0.717, 1.165) is 44.3 Å². The highest BCUT2D eigenvalue weighted by molar-refractivity contribution is 6.30. The summed E-state index contributed by atoms with van der Waals surface area (Å²) in [5.41, 5.74) is 8.15. The minimum Gasteiger partial charge on any atom is -0.393 e. The molecule has 4 rings (SSSR count). The Balaban J connectivity index is 0.000000570. The average molecular weight is 540 g/mol. The van der Waals surface area contributed by atoms with Crippen LogP contribution in [0.15, 0.2) is 24.3 Å². The number of nitrogens with two attached hydrogens (primary N) is 1. The van der Waals surface area contributed by atoms with Gasteiger partial charge in [0.25, 0.3) is 0 Å². The molecule has 2 atom stereocenters. The first-order valence-corrected chi connectivity index (χ1v) is 13.9. The number of hydrogen-bond acceptors (Lipinski definition) is 7. The van der Waals surface area contributed by atoms with Crippen LogP contribution in [0.1, 0.15) is 65.5 Å². The second-order valence-electron chi connectivity index (χ2n) is 9.38. The minimum absolute atomic E-state index is 0.201. The number of anilines is 3. The first-order valence-electron chi connectivity index (χ1n) is 13.1. The second-order valence-corrected chi connectivity index (χ2v) is 10.2. The van der Waals surface area contributed by atoms with Crippen LogP contribution in [-0.2, 0) is 4.74 Å². The highest BCUT2D eigenvalue weighted by atomic mass is 35.5. The number of nitrogens with one attached hydrogen (secondary N) is 1. The summed E-state index contributed by atoms with van der Waals surface area (Å²) in [5.74, 6) is 1.86. The molecule has 3 N–H and O–H groups in total. The van der Waals surface area contributed by atoms with Crippen LogP contribution < -0.4 is 16.0 Å². The third-order valence-corrected chi connectivity index (χ3v) is 6.70. The molecule has 0 amide bonds. The number of aromatic nitrogens is 2. The molecule has 0 saturated carbocycles. The summed E-state index contributed by atoms with van der Waals surface area (Å²) in [6.07, 6.45) is 3.65. The van der Waals surface area contributed by atoms with Gasteiger partial charge in [0.15, 0.2) is 11.6 Å². The zero-order chi connectivity index (χ0) is 26.7. The zero-order valence-electron chi connectivity index (χ0n) is 22.7. The molecule has 1 aromatic heterocycles. The Bertz CT molecular complexity index is 900. The van der Waals surface area contributed by atoms with E-state index in [1.807, 2.05) is 26.0 Å². The van der Waals surface area contributed by atoms with Gasteiger partial charge in [0.1, 0.15) is 5.69 Å². The van der Waals surface area contributed by atoms with Crippen molar-refractivity contribution >= 4 is 40.5 Å². The largest absolute Gasteiger partial charge is 0.393 e. The van der Waals surface area contributed by atoms with Crippen molar-refractivity contribution in [2.75, 3.05) is 55.8 Å². The lowest BCUT2D eigenvalue weighted by atomic mass is 9.94. The Hall–Kier alpha value is -1.80. The van der Waals surface area contributed by atoms with Crippen LogP contribution in [0.4, 0.5) is 17.3 Å². The van der Waals surface area contributed by atoms with Crippen molar-refractivity contribution in [1.82, 2.24) is 14.9 Å². The molecule has 0 radical (unpaired) electrons. The molecular weight excluding hydrogens is 495 g/mol. The lowest BCUT2D eigenvalue weighted by Gasteiger charge is -2.44. The third-order valence-electron chi connectivity index (χ3n) is 6.28. The predicted molar refractivity (Wildman–Crippen MR) is 154 cm³/mol. The normalized spacial score (nSPS) is 18.7. The summed E-state index contributed by atoms with van der Waals surface area (Å²) >= 11 is 12.2. The van der Waals surface area contributed by atoms with Gasteiger partial charge in [-0.3, -0.25) is 4.90 Å². The van der Waals surface area contributed by atoms with E-state index >= 15 is 0 Å². The van der Waals surface area contributed by atoms with Crippen LogP contribution in [0.2, 0.25) is 10.3 Å². The van der Waals surface area contributed by atoms with Crippen LogP contribution in [-0.4, -0.2) is 60.8 Å². The van der Waals surface area contributed by atoms with Gasteiger partial charge in [-0.2, -0.15) is 9.97 Å². The van der Waals surface area contributed by atoms with Gasteiger partial charge in [-0.05, 0) is 61.4 Å². The molecule has 2 aliphatic rings. The number of nitrogens with zero attached hydrogens (tertiary/aromatic N) is 4. The summed E-state index contributed by atoms with van der Waals surface area (Å²) in [7, 11) is 1.78. The lowest BCUT2D eigenvalue weighted by molar-refractivity contribution is 0.146. The van der Waals surface area contributed by atoms with E-state index in [9.17, 15) is 0 Å². The van der Waals surface area contributed by atoms with Gasteiger partial charge in [0.2, 0.25) is 5.28 Å². The summed E-state index contributed by atoms with van der Waals surface area (Å²) in [4.78, 5) is 13.4. The van der Waals surface area contributed by atoms with Crippen LogP contribution in [0.5, 0.6) is 0 Å². The minimum atomic E-state index is 0.201. The fraction of sp³-hybridized carbons (Fsp3) is 0.630. The summed E-state index contributed by atoms with van der Waals surface area (Å²) in [5, 5.41) is 3.97. The van der Waals surface area contributed by atoms with Gasteiger partial charge in [0, 0.05) is 57.0 Å². The SMILES string of the molecule is C1CCOC1.CC.CNc1nc(Cl)nc(N2CCN(C(CC(C)C)c3ccc(Cl)cc3)CC2C)c1N. The monoisotopic (exact) mass is 538 g/mol. The molecule has 36 heavy (non-hydrogen) atoms. The molecule has 3 heterocycles. The first-order chi connectivity index (χ1) is 17.3. The molecule has 0 aliphatic carbocycles. The Morgan fingerprint density at radius 1 is 1.08 bits per heavy atom. The standard InChI is InChI=1S/C21H30Cl2N6.C4H8O.C2H6/c1-13(2)11-17(15-5-7-16(22)8-6-15)28-9-10-29(14(3)12-28)20-18(24)19(25-4)26-21(23)27-20;1-2-4-5-3-1;1-2/h5-8,13-14,17H,9-12,24H2,1-4H3,(H,25,26,27);1-4H2;1-2H3. The molecular formula is C27H44Cl2N6O. The molecule has 2 fully saturated rings. The molecule has 2 aliphatic heterocycles. The molecule has 2 saturated heterocycles. The van der Waals surface area contributed by atoms with Crippen molar-refractivity contribution in [1.29, 1.82) is 0 Å². The molecule has 2 aromatic rings. The molecule has 2 unspecified atom stereocenters. The molecule has 7 nitrogen and oxygen atoms in total. The lowest BCUT2D eigenvalue weighted by Crippen LogP contribution is -2.53. The highest BCUT2D eigenvalue weighted by Crippen LogP contribution is 2.34. The Morgan fingerprint density at radius 3 is 2.22 bits per heavy atom. The van der Waals surface area contributed by atoms with E-state index in [2.05, 4.69) is 58.0 Å². The van der Waals surface area contributed by atoms with Crippen LogP contribution in [0.25, 0.3) is 0 Å². The topological polar surface area (TPSA) is 79.5 Å². The van der Waals surface area contributed by atoms with Crippen molar-refractivity contribution in [2.45, 2.75) is 66.0 Å². The van der Waals surface area contributed by atoms with E-state index in [1.54, 1.807) is 7.05 Å². The highest BCUT2D eigenvalue weighted by Gasteiger charge is 2.32. The van der Waals surface area contributed by atoms with Crippen molar-refractivity contribution in [3.8, 4) is 0 Å². The number of piperazine rings is 1. The summed E-state index contributed by atoms with van der Waals surface area (Å²) in [6, 6.07) is 8.85. The van der Waals surface area contributed by atoms with Crippen LogP contribution >= 0.6 is 23.2 Å². The number of nitrogen functional groups attached to an aromatic ring is 1. The quantitative estimate of drug-likeness (QED) is 0.404. The van der Waals surface area contributed by atoms with Crippen LogP contribution in [0.3, 0.4) is 0 Å². The Labute approximate surface area is 227 Å². The molecule has 0 spiro atoms. The van der Waals surface area contributed by atoms with Crippen LogP contribution in [0, 0.1) is 5.92 Å². The van der Waals surface area contributed by atoms with E-state index in [1.165, 1.54) is 18.4 Å². The number of ether oxygens (including phenoxy) is 1. The van der Waals surface area contributed by atoms with Crippen molar-refractivity contribution in [3.05, 3.63) is 40.1 Å². The van der Waals surface area contributed by atoms with Gasteiger partial charge in [-0.1, -0.05) is 51.4 Å².